The summed E-state index contributed by atoms with van der Waals surface area (Å²) in [7, 11) is 0.153. The number of rotatable bonds is 9. The SMILES string of the molecule is C=CCCCCCC[SiH2]Cc1ccccc1. The molecule has 16 heavy (non-hydrogen) atoms. The summed E-state index contributed by atoms with van der Waals surface area (Å²) < 4.78 is 0. The molecule has 1 rings (SSSR count). The third-order valence-corrected chi connectivity index (χ3v) is 4.90. The van der Waals surface area contributed by atoms with Crippen LogP contribution in [-0.2, 0) is 6.04 Å². The molecule has 0 aliphatic heterocycles. The second-order valence-corrected chi connectivity index (χ2v) is 6.35. The highest BCUT2D eigenvalue weighted by Crippen LogP contribution is 2.07. The molecule has 1 heteroatoms. The van der Waals surface area contributed by atoms with Crippen LogP contribution in [0.5, 0.6) is 0 Å². The lowest BCUT2D eigenvalue weighted by atomic mass is 10.1. The third kappa shape index (κ3) is 6.62. The predicted molar refractivity (Wildman–Crippen MR) is 76.8 cm³/mol. The van der Waals surface area contributed by atoms with Crippen LogP contribution in [0.1, 0.15) is 37.7 Å². The molecule has 0 fully saturated rings. The van der Waals surface area contributed by atoms with E-state index >= 15 is 0 Å². The van der Waals surface area contributed by atoms with Crippen molar-refractivity contribution in [3.05, 3.63) is 48.6 Å². The zero-order valence-electron chi connectivity index (χ0n) is 10.3. The maximum Gasteiger partial charge on any atom is 0.0247 e. The first kappa shape index (κ1) is 13.2. The number of hydrogen-bond donors (Lipinski definition) is 0. The standard InChI is InChI=1S/C15H24Si/c1-2-3-4-5-6-10-13-16-14-15-11-8-7-9-12-15/h2,7-9,11-12H,1,3-6,10,13-14,16H2. The Balaban J connectivity index is 1.90. The second-order valence-electron chi connectivity index (χ2n) is 4.43. The van der Waals surface area contributed by atoms with E-state index in [1.54, 1.807) is 5.56 Å². The van der Waals surface area contributed by atoms with E-state index in [0.717, 1.165) is 0 Å². The molecule has 1 aromatic rings. The molecule has 0 unspecified atom stereocenters. The lowest BCUT2D eigenvalue weighted by Crippen LogP contribution is -1.96. The van der Waals surface area contributed by atoms with Gasteiger partial charge >= 0.3 is 0 Å². The number of unbranched alkanes of at least 4 members (excludes halogenated alkanes) is 4. The fourth-order valence-electron chi connectivity index (χ4n) is 1.97. The first-order valence-electron chi connectivity index (χ1n) is 6.58. The van der Waals surface area contributed by atoms with Gasteiger partial charge in [0, 0.05) is 9.52 Å². The van der Waals surface area contributed by atoms with E-state index in [2.05, 4.69) is 36.9 Å². The minimum absolute atomic E-state index is 0.153. The Morgan fingerprint density at radius 1 is 1.00 bits per heavy atom. The quantitative estimate of drug-likeness (QED) is 0.344. The van der Waals surface area contributed by atoms with Crippen molar-refractivity contribution >= 4 is 9.52 Å². The third-order valence-electron chi connectivity index (χ3n) is 2.97. The minimum atomic E-state index is 0.153. The van der Waals surface area contributed by atoms with E-state index in [0.29, 0.717) is 0 Å². The lowest BCUT2D eigenvalue weighted by Gasteiger charge is -2.01. The van der Waals surface area contributed by atoms with Gasteiger partial charge in [0.15, 0.2) is 0 Å². The normalized spacial score (nSPS) is 11.0. The molecule has 0 aromatic heterocycles. The Bertz CT molecular complexity index is 266. The highest BCUT2D eigenvalue weighted by atomic mass is 28.2. The van der Waals surface area contributed by atoms with Crippen molar-refractivity contribution in [2.24, 2.45) is 0 Å². The summed E-state index contributed by atoms with van der Waals surface area (Å²) in [6, 6.07) is 13.8. The van der Waals surface area contributed by atoms with Gasteiger partial charge in [0.25, 0.3) is 0 Å². The van der Waals surface area contributed by atoms with Crippen molar-refractivity contribution in [3.63, 3.8) is 0 Å². The van der Waals surface area contributed by atoms with E-state index < -0.39 is 0 Å². The van der Waals surface area contributed by atoms with Gasteiger partial charge < -0.3 is 0 Å². The Morgan fingerprint density at radius 2 is 1.75 bits per heavy atom. The number of benzene rings is 1. The molecule has 0 heterocycles. The average Bonchev–Trinajstić information content (AvgIpc) is 2.34. The highest BCUT2D eigenvalue weighted by Gasteiger charge is 1.93. The van der Waals surface area contributed by atoms with Gasteiger partial charge in [0.2, 0.25) is 0 Å². The van der Waals surface area contributed by atoms with Crippen molar-refractivity contribution in [3.8, 4) is 0 Å². The van der Waals surface area contributed by atoms with Gasteiger partial charge in [0.1, 0.15) is 0 Å². The highest BCUT2D eigenvalue weighted by molar-refractivity contribution is 6.34. The smallest absolute Gasteiger partial charge is 0.0247 e. The molecule has 0 aliphatic rings. The first-order valence-corrected chi connectivity index (χ1v) is 8.58. The van der Waals surface area contributed by atoms with Crippen LogP contribution in [-0.4, -0.2) is 9.52 Å². The van der Waals surface area contributed by atoms with E-state index in [9.17, 15) is 0 Å². The van der Waals surface area contributed by atoms with E-state index in [-0.39, 0.29) is 9.52 Å². The summed E-state index contributed by atoms with van der Waals surface area (Å²) >= 11 is 0. The van der Waals surface area contributed by atoms with Crippen molar-refractivity contribution in [2.45, 2.75) is 44.2 Å². The van der Waals surface area contributed by atoms with Crippen molar-refractivity contribution in [1.82, 2.24) is 0 Å². The molecule has 0 aliphatic carbocycles. The summed E-state index contributed by atoms with van der Waals surface area (Å²) in [5.74, 6) is 0. The van der Waals surface area contributed by atoms with Crippen LogP contribution in [0.3, 0.4) is 0 Å². The van der Waals surface area contributed by atoms with Gasteiger partial charge in [-0.3, -0.25) is 0 Å². The summed E-state index contributed by atoms with van der Waals surface area (Å²) in [6.45, 7) is 3.75. The molecular formula is C15H24Si. The average molecular weight is 232 g/mol. The Hall–Kier alpha value is -0.823. The Labute approximate surface area is 103 Å². The van der Waals surface area contributed by atoms with Crippen LogP contribution in [0, 0.1) is 0 Å². The molecule has 88 valence electrons. The molecular weight excluding hydrogens is 208 g/mol. The van der Waals surface area contributed by atoms with Crippen molar-refractivity contribution in [2.75, 3.05) is 0 Å². The minimum Gasteiger partial charge on any atom is -0.103 e. The van der Waals surface area contributed by atoms with Crippen LogP contribution in [0.4, 0.5) is 0 Å². The summed E-state index contributed by atoms with van der Waals surface area (Å²) in [4.78, 5) is 0. The molecule has 0 saturated heterocycles. The summed E-state index contributed by atoms with van der Waals surface area (Å²) in [6.07, 6.45) is 8.84. The molecule has 0 amide bonds. The number of allylic oxidation sites excluding steroid dienone is 1. The Kier molecular flexibility index (Phi) is 7.79. The van der Waals surface area contributed by atoms with Crippen LogP contribution < -0.4 is 0 Å². The summed E-state index contributed by atoms with van der Waals surface area (Å²) in [5, 5.41) is 0. The van der Waals surface area contributed by atoms with E-state index in [4.69, 9.17) is 0 Å². The fraction of sp³-hybridized carbons (Fsp3) is 0.467. The zero-order valence-corrected chi connectivity index (χ0v) is 11.7. The van der Waals surface area contributed by atoms with Gasteiger partial charge in [0.05, 0.1) is 0 Å². The monoisotopic (exact) mass is 232 g/mol. The van der Waals surface area contributed by atoms with Gasteiger partial charge in [-0.15, -0.1) is 6.58 Å². The molecule has 0 N–H and O–H groups in total. The molecule has 0 nitrogen and oxygen atoms in total. The van der Waals surface area contributed by atoms with Gasteiger partial charge in [-0.05, 0) is 18.9 Å². The molecule has 0 atom stereocenters. The maximum atomic E-state index is 3.75. The molecule has 0 spiro atoms. The van der Waals surface area contributed by atoms with Gasteiger partial charge in [-0.1, -0.05) is 67.3 Å². The molecule has 0 bridgehead atoms. The topological polar surface area (TPSA) is 0 Å². The van der Waals surface area contributed by atoms with Gasteiger partial charge in [-0.2, -0.15) is 0 Å². The lowest BCUT2D eigenvalue weighted by molar-refractivity contribution is 0.673. The van der Waals surface area contributed by atoms with Crippen molar-refractivity contribution < 1.29 is 0 Å². The number of hydrogen-bond acceptors (Lipinski definition) is 0. The van der Waals surface area contributed by atoms with Crippen LogP contribution in [0.2, 0.25) is 6.04 Å². The maximum absolute atomic E-state index is 3.75. The molecule has 1 aromatic carbocycles. The van der Waals surface area contributed by atoms with E-state index in [1.807, 2.05) is 6.08 Å². The van der Waals surface area contributed by atoms with Crippen LogP contribution in [0.25, 0.3) is 0 Å². The van der Waals surface area contributed by atoms with Crippen LogP contribution in [0.15, 0.2) is 43.0 Å². The van der Waals surface area contributed by atoms with E-state index in [1.165, 1.54) is 44.2 Å². The first-order chi connectivity index (χ1) is 7.93. The van der Waals surface area contributed by atoms with Gasteiger partial charge in [-0.25, -0.2) is 0 Å². The summed E-state index contributed by atoms with van der Waals surface area (Å²) in [5.41, 5.74) is 1.54. The predicted octanol–water partition coefficient (Wildman–Crippen LogP) is 3.91. The van der Waals surface area contributed by atoms with Crippen molar-refractivity contribution in [1.29, 1.82) is 0 Å². The fourth-order valence-corrected chi connectivity index (χ4v) is 3.67. The molecule has 0 radical (unpaired) electrons. The Morgan fingerprint density at radius 3 is 2.50 bits per heavy atom. The van der Waals surface area contributed by atoms with Crippen LogP contribution >= 0.6 is 0 Å². The molecule has 0 saturated carbocycles. The second kappa shape index (κ2) is 9.41. The largest absolute Gasteiger partial charge is 0.103 e. The zero-order chi connectivity index (χ0) is 11.5.